The third-order valence-electron chi connectivity index (χ3n) is 5.00. The highest BCUT2D eigenvalue weighted by Crippen LogP contribution is 2.20. The van der Waals surface area contributed by atoms with Crippen LogP contribution in [0.2, 0.25) is 5.02 Å². The summed E-state index contributed by atoms with van der Waals surface area (Å²) in [5.74, 6) is 0.594. The van der Waals surface area contributed by atoms with Crippen LogP contribution < -0.4 is 4.90 Å². The lowest BCUT2D eigenvalue weighted by Gasteiger charge is -2.35. The van der Waals surface area contributed by atoms with Gasteiger partial charge in [0.05, 0.1) is 11.9 Å². The van der Waals surface area contributed by atoms with Crippen LogP contribution in [0.5, 0.6) is 0 Å². The molecule has 28 heavy (non-hydrogen) atoms. The van der Waals surface area contributed by atoms with Crippen LogP contribution in [0.15, 0.2) is 55.0 Å². The molecule has 0 unspecified atom stereocenters. The second kappa shape index (κ2) is 8.54. The third kappa shape index (κ3) is 4.24. The van der Waals surface area contributed by atoms with Gasteiger partial charge in [0, 0.05) is 61.4 Å². The largest absolute Gasteiger partial charge is 0.369 e. The smallest absolute Gasteiger partial charge is 0.250 e. The monoisotopic (exact) mass is 394 g/mol. The van der Waals surface area contributed by atoms with Gasteiger partial charge in [0.1, 0.15) is 0 Å². The van der Waals surface area contributed by atoms with Crippen LogP contribution in [0.3, 0.4) is 0 Å². The lowest BCUT2D eigenvalue weighted by Crippen LogP contribution is -2.46. The molecule has 0 spiro atoms. The van der Waals surface area contributed by atoms with Crippen molar-refractivity contribution in [2.75, 3.05) is 37.6 Å². The zero-order valence-electron chi connectivity index (χ0n) is 15.9. The van der Waals surface area contributed by atoms with E-state index in [-0.39, 0.29) is 0 Å². The number of benzene rings is 1. The Labute approximate surface area is 170 Å². The summed E-state index contributed by atoms with van der Waals surface area (Å²) in [5.41, 5.74) is 3.33. The number of anilines is 1. The standard InChI is InChI=1S/C21H23ClN6/c1-17-18(16-25-28(17)21-23-8-4-9-24-21)5-3-10-26-11-13-27(14-12-26)20-7-2-6-19(22)15-20/h2-9,15-16H,10-14H2,1H3/b5-3+. The highest BCUT2D eigenvalue weighted by Gasteiger charge is 2.16. The molecule has 0 N–H and O–H groups in total. The number of hydrogen-bond acceptors (Lipinski definition) is 5. The molecule has 1 aromatic carbocycles. The lowest BCUT2D eigenvalue weighted by molar-refractivity contribution is 0.284. The topological polar surface area (TPSA) is 50.1 Å². The molecule has 6 nitrogen and oxygen atoms in total. The van der Waals surface area contributed by atoms with Gasteiger partial charge in [-0.15, -0.1) is 0 Å². The van der Waals surface area contributed by atoms with Crippen molar-refractivity contribution in [1.82, 2.24) is 24.6 Å². The van der Waals surface area contributed by atoms with Gasteiger partial charge in [0.2, 0.25) is 0 Å². The van der Waals surface area contributed by atoms with Gasteiger partial charge in [-0.05, 0) is 31.2 Å². The molecule has 0 saturated carbocycles. The molecular formula is C21H23ClN6. The Morgan fingerprint density at radius 3 is 2.61 bits per heavy atom. The van der Waals surface area contributed by atoms with E-state index in [4.69, 9.17) is 11.6 Å². The Bertz CT molecular complexity index is 945. The van der Waals surface area contributed by atoms with Crippen molar-refractivity contribution in [2.24, 2.45) is 0 Å². The first-order valence-electron chi connectivity index (χ1n) is 9.42. The number of piperazine rings is 1. The van der Waals surface area contributed by atoms with Crippen molar-refractivity contribution in [2.45, 2.75) is 6.92 Å². The maximum Gasteiger partial charge on any atom is 0.250 e. The van der Waals surface area contributed by atoms with Gasteiger partial charge in [0.25, 0.3) is 5.95 Å². The number of hydrogen-bond donors (Lipinski definition) is 0. The van der Waals surface area contributed by atoms with E-state index in [2.05, 4.69) is 43.1 Å². The maximum absolute atomic E-state index is 6.11. The summed E-state index contributed by atoms with van der Waals surface area (Å²) in [5, 5.41) is 5.20. The summed E-state index contributed by atoms with van der Waals surface area (Å²) >= 11 is 6.11. The van der Waals surface area contributed by atoms with E-state index in [1.165, 1.54) is 5.69 Å². The van der Waals surface area contributed by atoms with E-state index in [0.29, 0.717) is 5.95 Å². The van der Waals surface area contributed by atoms with Crippen LogP contribution in [0.1, 0.15) is 11.3 Å². The molecule has 0 amide bonds. The molecule has 1 aliphatic rings. The Morgan fingerprint density at radius 1 is 1.07 bits per heavy atom. The van der Waals surface area contributed by atoms with Crippen molar-refractivity contribution >= 4 is 23.4 Å². The average Bonchev–Trinajstić information content (AvgIpc) is 3.10. The summed E-state index contributed by atoms with van der Waals surface area (Å²) in [6.07, 6.45) is 9.64. The normalized spacial score (nSPS) is 15.4. The summed E-state index contributed by atoms with van der Waals surface area (Å²) in [6.45, 7) is 7.05. The SMILES string of the molecule is Cc1c(/C=C/CN2CCN(c3cccc(Cl)c3)CC2)cnn1-c1ncccn1. The van der Waals surface area contributed by atoms with Crippen molar-refractivity contribution < 1.29 is 0 Å². The summed E-state index contributed by atoms with van der Waals surface area (Å²) in [6, 6.07) is 9.89. The molecular weight excluding hydrogens is 372 g/mol. The quantitative estimate of drug-likeness (QED) is 0.663. The maximum atomic E-state index is 6.11. The molecule has 0 radical (unpaired) electrons. The predicted octanol–water partition coefficient (Wildman–Crippen LogP) is 3.46. The minimum atomic E-state index is 0.594. The van der Waals surface area contributed by atoms with E-state index in [0.717, 1.165) is 49.0 Å². The molecule has 2 aromatic heterocycles. The fourth-order valence-corrected chi connectivity index (χ4v) is 3.56. The summed E-state index contributed by atoms with van der Waals surface area (Å²) < 4.78 is 1.77. The fraction of sp³-hybridized carbons (Fsp3) is 0.286. The van der Waals surface area contributed by atoms with Gasteiger partial charge in [-0.1, -0.05) is 29.8 Å². The van der Waals surface area contributed by atoms with E-state index < -0.39 is 0 Å². The van der Waals surface area contributed by atoms with Crippen LogP contribution in [0.4, 0.5) is 5.69 Å². The first kappa shape index (κ1) is 18.7. The van der Waals surface area contributed by atoms with Crippen molar-refractivity contribution in [3.63, 3.8) is 0 Å². The number of rotatable bonds is 5. The van der Waals surface area contributed by atoms with Crippen molar-refractivity contribution in [3.8, 4) is 5.95 Å². The Kier molecular flexibility index (Phi) is 5.69. The van der Waals surface area contributed by atoms with Crippen LogP contribution in [0.25, 0.3) is 12.0 Å². The molecule has 0 bridgehead atoms. The van der Waals surface area contributed by atoms with Gasteiger partial charge in [-0.2, -0.15) is 5.10 Å². The predicted molar refractivity (Wildman–Crippen MR) is 113 cm³/mol. The van der Waals surface area contributed by atoms with E-state index in [1.807, 2.05) is 31.3 Å². The lowest BCUT2D eigenvalue weighted by atomic mass is 10.2. The van der Waals surface area contributed by atoms with Crippen molar-refractivity contribution in [1.29, 1.82) is 0 Å². The van der Waals surface area contributed by atoms with E-state index >= 15 is 0 Å². The summed E-state index contributed by atoms with van der Waals surface area (Å²) in [4.78, 5) is 13.4. The van der Waals surface area contributed by atoms with Gasteiger partial charge in [0.15, 0.2) is 0 Å². The minimum Gasteiger partial charge on any atom is -0.369 e. The zero-order chi connectivity index (χ0) is 19.3. The van der Waals surface area contributed by atoms with Gasteiger partial charge in [-0.25, -0.2) is 14.6 Å². The molecule has 0 atom stereocenters. The molecule has 144 valence electrons. The molecule has 1 saturated heterocycles. The second-order valence-electron chi connectivity index (χ2n) is 6.82. The number of aromatic nitrogens is 4. The Balaban J connectivity index is 1.32. The molecule has 0 aliphatic carbocycles. The van der Waals surface area contributed by atoms with Gasteiger partial charge >= 0.3 is 0 Å². The zero-order valence-corrected chi connectivity index (χ0v) is 16.6. The molecule has 3 aromatic rings. The van der Waals surface area contributed by atoms with Crippen molar-refractivity contribution in [3.05, 3.63) is 71.3 Å². The first-order chi connectivity index (χ1) is 13.7. The van der Waals surface area contributed by atoms with E-state index in [9.17, 15) is 0 Å². The summed E-state index contributed by atoms with van der Waals surface area (Å²) in [7, 11) is 0. The first-order valence-corrected chi connectivity index (χ1v) is 9.80. The van der Waals surface area contributed by atoms with Crippen LogP contribution >= 0.6 is 11.6 Å². The average molecular weight is 395 g/mol. The molecule has 3 heterocycles. The highest BCUT2D eigenvalue weighted by molar-refractivity contribution is 6.30. The van der Waals surface area contributed by atoms with Crippen LogP contribution in [-0.2, 0) is 0 Å². The highest BCUT2D eigenvalue weighted by atomic mass is 35.5. The molecule has 1 fully saturated rings. The van der Waals surface area contributed by atoms with Gasteiger partial charge in [-0.3, -0.25) is 4.90 Å². The second-order valence-corrected chi connectivity index (χ2v) is 7.25. The molecule has 4 rings (SSSR count). The number of nitrogens with zero attached hydrogens (tertiary/aromatic N) is 6. The Morgan fingerprint density at radius 2 is 1.86 bits per heavy atom. The third-order valence-corrected chi connectivity index (χ3v) is 5.23. The van der Waals surface area contributed by atoms with Crippen LogP contribution in [-0.4, -0.2) is 57.4 Å². The van der Waals surface area contributed by atoms with E-state index in [1.54, 1.807) is 23.1 Å². The number of halogens is 1. The van der Waals surface area contributed by atoms with Gasteiger partial charge < -0.3 is 4.90 Å². The fourth-order valence-electron chi connectivity index (χ4n) is 3.38. The minimum absolute atomic E-state index is 0.594. The molecule has 1 aliphatic heterocycles. The Hall–Kier alpha value is -2.70. The van der Waals surface area contributed by atoms with Crippen LogP contribution in [0, 0.1) is 6.92 Å². The molecule has 7 heteroatoms.